The van der Waals surface area contributed by atoms with Crippen LogP contribution in [0.15, 0.2) is 109 Å². The van der Waals surface area contributed by atoms with E-state index in [1.165, 1.54) is 52.3 Å². The van der Waals surface area contributed by atoms with Gasteiger partial charge >= 0.3 is 0 Å². The summed E-state index contributed by atoms with van der Waals surface area (Å²) in [4.78, 5) is 4.86. The van der Waals surface area contributed by atoms with Gasteiger partial charge in [0.2, 0.25) is 0 Å². The number of rotatable bonds is 11. The fourth-order valence-corrected chi connectivity index (χ4v) is 7.17. The Bertz CT molecular complexity index is 2240. The predicted molar refractivity (Wildman–Crippen MR) is 204 cm³/mol. The van der Waals surface area contributed by atoms with Gasteiger partial charge in [0.25, 0.3) is 0 Å². The van der Waals surface area contributed by atoms with Crippen molar-refractivity contribution in [3.8, 4) is 34.1 Å². The fourth-order valence-electron chi connectivity index (χ4n) is 7.17. The Morgan fingerprint density at radius 3 is 2.35 bits per heavy atom. The maximum atomic E-state index is 6.59. The summed E-state index contributed by atoms with van der Waals surface area (Å²) in [5, 5.41) is 7.37. The molecular weight excluding hydrogens is 601 g/mol. The van der Waals surface area contributed by atoms with Crippen molar-refractivity contribution in [2.24, 2.45) is 5.92 Å². The average molecular weight is 647 g/mol. The highest BCUT2D eigenvalue weighted by Gasteiger charge is 2.18. The van der Waals surface area contributed by atoms with Crippen LogP contribution in [0.25, 0.3) is 44.4 Å². The lowest BCUT2D eigenvalue weighted by atomic mass is 9.92. The lowest BCUT2D eigenvalue weighted by Crippen LogP contribution is -2.00. The summed E-state index contributed by atoms with van der Waals surface area (Å²) < 4.78 is 10.9. The van der Waals surface area contributed by atoms with E-state index in [0.717, 1.165) is 57.8 Å². The summed E-state index contributed by atoms with van der Waals surface area (Å²) >= 11 is 0. The molecule has 7 rings (SSSR count). The molecule has 0 spiro atoms. The van der Waals surface area contributed by atoms with E-state index >= 15 is 0 Å². The highest BCUT2D eigenvalue weighted by Crippen LogP contribution is 2.38. The molecule has 5 nitrogen and oxygen atoms in total. The summed E-state index contributed by atoms with van der Waals surface area (Å²) in [6, 6.07) is 36.4. The van der Waals surface area contributed by atoms with E-state index in [9.17, 15) is 0 Å². The maximum Gasteiger partial charge on any atom is 0.137 e. The van der Waals surface area contributed by atoms with Gasteiger partial charge in [-0.3, -0.25) is 4.57 Å². The van der Waals surface area contributed by atoms with E-state index in [4.69, 9.17) is 14.8 Å². The van der Waals surface area contributed by atoms with Crippen LogP contribution in [0.1, 0.15) is 75.4 Å². The minimum absolute atomic E-state index is 0.504. The lowest BCUT2D eigenvalue weighted by molar-refractivity contribution is 0.482. The molecular formula is C44H46N4O. The molecule has 0 aliphatic heterocycles. The van der Waals surface area contributed by atoms with Gasteiger partial charge in [0, 0.05) is 40.4 Å². The van der Waals surface area contributed by atoms with Crippen LogP contribution < -0.4 is 4.74 Å². The number of hydrogen-bond acceptors (Lipinski definition) is 3. The first kappa shape index (κ1) is 32.4. The largest absolute Gasteiger partial charge is 0.457 e. The number of hydrogen-bond donors (Lipinski definition) is 0. The van der Waals surface area contributed by atoms with Gasteiger partial charge in [-0.05, 0) is 104 Å². The second-order valence-corrected chi connectivity index (χ2v) is 13.8. The predicted octanol–water partition coefficient (Wildman–Crippen LogP) is 11.9. The van der Waals surface area contributed by atoms with Crippen molar-refractivity contribution >= 4 is 21.8 Å². The standard InChI is InChI=1S/C44H46N4O/c1-7-33-23-24-45-43(25-33)47-41-22-19-35(30(4)14-11-13-29(2)3)26-40(41)39-21-20-38(28-42(39)47)49-37-18-12-17-36(27-37)48-32(6)44(31(5)46-48)34-15-9-8-10-16-34/h8-10,12,15-30H,7,11,13-14H2,1-6H3. The normalized spacial score (nSPS) is 12.3. The van der Waals surface area contributed by atoms with Crippen molar-refractivity contribution in [3.05, 3.63) is 132 Å². The zero-order chi connectivity index (χ0) is 34.1. The topological polar surface area (TPSA) is 44.9 Å². The summed E-state index contributed by atoms with van der Waals surface area (Å²) in [7, 11) is 0. The first-order chi connectivity index (χ1) is 23.8. The Kier molecular flexibility index (Phi) is 9.09. The average Bonchev–Trinajstić information content (AvgIpc) is 3.60. The van der Waals surface area contributed by atoms with E-state index in [2.05, 4.69) is 131 Å². The third-order valence-electron chi connectivity index (χ3n) is 9.85. The van der Waals surface area contributed by atoms with E-state index in [1.807, 2.05) is 29.1 Å². The van der Waals surface area contributed by atoms with Crippen LogP contribution in [-0.4, -0.2) is 19.3 Å². The molecule has 0 saturated heterocycles. The molecule has 49 heavy (non-hydrogen) atoms. The zero-order valence-electron chi connectivity index (χ0n) is 29.6. The molecule has 0 saturated carbocycles. The van der Waals surface area contributed by atoms with Gasteiger partial charge in [-0.1, -0.05) is 83.0 Å². The van der Waals surface area contributed by atoms with Crippen molar-refractivity contribution in [3.63, 3.8) is 0 Å². The second-order valence-electron chi connectivity index (χ2n) is 13.8. The summed E-state index contributed by atoms with van der Waals surface area (Å²) in [5.41, 5.74) is 10.3. The van der Waals surface area contributed by atoms with Crippen LogP contribution in [0.4, 0.5) is 0 Å². The van der Waals surface area contributed by atoms with Crippen LogP contribution in [-0.2, 0) is 6.42 Å². The first-order valence-corrected chi connectivity index (χ1v) is 17.7. The SMILES string of the molecule is CCc1ccnc(-n2c3ccc(C(C)CCCC(C)C)cc3c3ccc(Oc4cccc(-n5nc(C)c(-c6ccccc6)c5C)c4)cc32)c1. The Labute approximate surface area is 290 Å². The van der Waals surface area contributed by atoms with Crippen LogP contribution in [0.3, 0.4) is 0 Å². The summed E-state index contributed by atoms with van der Waals surface area (Å²) in [6.07, 6.45) is 6.60. The van der Waals surface area contributed by atoms with E-state index in [1.54, 1.807) is 0 Å². The summed E-state index contributed by atoms with van der Waals surface area (Å²) in [5.74, 6) is 3.71. The van der Waals surface area contributed by atoms with Gasteiger partial charge < -0.3 is 4.74 Å². The molecule has 0 N–H and O–H groups in total. The van der Waals surface area contributed by atoms with Crippen LogP contribution >= 0.6 is 0 Å². The minimum atomic E-state index is 0.504. The molecule has 4 aromatic carbocycles. The first-order valence-electron chi connectivity index (χ1n) is 17.7. The minimum Gasteiger partial charge on any atom is -0.457 e. The Morgan fingerprint density at radius 1 is 0.735 bits per heavy atom. The van der Waals surface area contributed by atoms with Gasteiger partial charge in [-0.2, -0.15) is 5.10 Å². The van der Waals surface area contributed by atoms with Crippen molar-refractivity contribution in [1.29, 1.82) is 0 Å². The summed E-state index contributed by atoms with van der Waals surface area (Å²) in [6.45, 7) is 13.4. The number of fused-ring (bicyclic) bond motifs is 3. The Balaban J connectivity index is 1.27. The maximum absolute atomic E-state index is 6.59. The molecule has 0 fully saturated rings. The van der Waals surface area contributed by atoms with Crippen molar-refractivity contribution in [1.82, 2.24) is 19.3 Å². The molecule has 248 valence electrons. The number of pyridine rings is 1. The second kappa shape index (κ2) is 13.8. The van der Waals surface area contributed by atoms with Gasteiger partial charge in [0.15, 0.2) is 0 Å². The van der Waals surface area contributed by atoms with E-state index in [-0.39, 0.29) is 0 Å². The van der Waals surface area contributed by atoms with E-state index in [0.29, 0.717) is 5.92 Å². The third kappa shape index (κ3) is 6.50. The lowest BCUT2D eigenvalue weighted by Gasteiger charge is -2.14. The zero-order valence-corrected chi connectivity index (χ0v) is 29.6. The highest BCUT2D eigenvalue weighted by atomic mass is 16.5. The van der Waals surface area contributed by atoms with Crippen LogP contribution in [0, 0.1) is 19.8 Å². The van der Waals surface area contributed by atoms with E-state index < -0.39 is 0 Å². The highest BCUT2D eigenvalue weighted by molar-refractivity contribution is 6.09. The number of aromatic nitrogens is 4. The van der Waals surface area contributed by atoms with Crippen molar-refractivity contribution < 1.29 is 4.74 Å². The third-order valence-corrected chi connectivity index (χ3v) is 9.85. The quantitative estimate of drug-likeness (QED) is 0.140. The molecule has 0 bridgehead atoms. The molecule has 1 atom stereocenters. The smallest absolute Gasteiger partial charge is 0.137 e. The molecule has 0 amide bonds. The van der Waals surface area contributed by atoms with Gasteiger partial charge in [0.05, 0.1) is 22.4 Å². The molecule has 3 aromatic heterocycles. The van der Waals surface area contributed by atoms with Crippen LogP contribution in [0.2, 0.25) is 0 Å². The Morgan fingerprint density at radius 2 is 1.55 bits per heavy atom. The van der Waals surface area contributed by atoms with Crippen LogP contribution in [0.5, 0.6) is 11.5 Å². The Hall–Kier alpha value is -5.16. The molecule has 0 radical (unpaired) electrons. The number of benzene rings is 4. The molecule has 5 heteroatoms. The van der Waals surface area contributed by atoms with Crippen molar-refractivity contribution in [2.75, 3.05) is 0 Å². The fraction of sp³-hybridized carbons (Fsp3) is 0.273. The molecule has 7 aromatic rings. The molecule has 0 aliphatic carbocycles. The number of nitrogens with zero attached hydrogens (tertiary/aromatic N) is 4. The number of ether oxygens (including phenoxy) is 1. The molecule has 1 unspecified atom stereocenters. The van der Waals surface area contributed by atoms with Crippen molar-refractivity contribution in [2.45, 2.75) is 73.1 Å². The molecule has 3 heterocycles. The molecule has 0 aliphatic rings. The van der Waals surface area contributed by atoms with Gasteiger partial charge in [-0.25, -0.2) is 9.67 Å². The number of aryl methyl sites for hydroxylation is 2. The van der Waals surface area contributed by atoms with Gasteiger partial charge in [0.1, 0.15) is 17.3 Å². The van der Waals surface area contributed by atoms with Gasteiger partial charge in [-0.15, -0.1) is 0 Å². The monoisotopic (exact) mass is 646 g/mol.